The summed E-state index contributed by atoms with van der Waals surface area (Å²) in [6.07, 6.45) is 4.25. The molecular formula is C21H31BN2O5. The molecule has 29 heavy (non-hydrogen) atoms. The summed E-state index contributed by atoms with van der Waals surface area (Å²) in [6, 6.07) is 6.76. The van der Waals surface area contributed by atoms with E-state index in [0.717, 1.165) is 24.1 Å². The molecule has 0 fully saturated rings. The number of ether oxygens (including phenoxy) is 2. The van der Waals surface area contributed by atoms with Crippen LogP contribution in [0, 0.1) is 11.3 Å². The van der Waals surface area contributed by atoms with Crippen LogP contribution in [0.15, 0.2) is 36.9 Å². The van der Waals surface area contributed by atoms with Crippen molar-refractivity contribution in [2.75, 3.05) is 13.7 Å². The highest BCUT2D eigenvalue weighted by atomic mass is 16.5. The quantitative estimate of drug-likeness (QED) is 0.125. The van der Waals surface area contributed by atoms with Crippen LogP contribution in [-0.4, -0.2) is 45.5 Å². The molecule has 2 atom stereocenters. The maximum atomic E-state index is 12.8. The molecule has 158 valence electrons. The fourth-order valence-corrected chi connectivity index (χ4v) is 2.78. The molecule has 0 aromatic heterocycles. The molecule has 0 saturated carbocycles. The van der Waals surface area contributed by atoms with Gasteiger partial charge in [0.05, 0.1) is 19.5 Å². The highest BCUT2D eigenvalue weighted by molar-refractivity contribution is 6.39. The van der Waals surface area contributed by atoms with Crippen molar-refractivity contribution in [2.24, 2.45) is 5.92 Å². The Morgan fingerprint density at radius 2 is 1.97 bits per heavy atom. The third-order valence-electron chi connectivity index (χ3n) is 4.26. The minimum atomic E-state index is -0.712. The van der Waals surface area contributed by atoms with Gasteiger partial charge in [-0.2, -0.15) is 0 Å². The number of amides is 1. The number of esters is 1. The highest BCUT2D eigenvalue weighted by Gasteiger charge is 2.28. The molecular weight excluding hydrogens is 371 g/mol. The predicted molar refractivity (Wildman–Crippen MR) is 115 cm³/mol. The first kappa shape index (κ1) is 24.3. The second-order valence-corrected chi connectivity index (χ2v) is 7.14. The van der Waals surface area contributed by atoms with Gasteiger partial charge in [0.2, 0.25) is 5.91 Å². The average Bonchev–Trinajstić information content (AvgIpc) is 2.70. The van der Waals surface area contributed by atoms with E-state index >= 15 is 0 Å². The first-order valence-corrected chi connectivity index (χ1v) is 9.72. The average molecular weight is 402 g/mol. The third-order valence-corrected chi connectivity index (χ3v) is 4.26. The molecule has 0 aliphatic heterocycles. The van der Waals surface area contributed by atoms with Gasteiger partial charge >= 0.3 is 13.5 Å². The van der Waals surface area contributed by atoms with Crippen molar-refractivity contribution >= 4 is 25.8 Å². The van der Waals surface area contributed by atoms with E-state index in [1.807, 2.05) is 38.1 Å². The number of rotatable bonds is 14. The Labute approximate surface area is 173 Å². The summed E-state index contributed by atoms with van der Waals surface area (Å²) in [5.41, 5.74) is 0.924. The van der Waals surface area contributed by atoms with E-state index in [1.165, 1.54) is 7.11 Å². The van der Waals surface area contributed by atoms with E-state index in [0.29, 0.717) is 19.4 Å². The lowest BCUT2D eigenvalue weighted by molar-refractivity contribution is -0.145. The lowest BCUT2D eigenvalue weighted by atomic mass is 9.75. The van der Waals surface area contributed by atoms with E-state index in [4.69, 9.17) is 19.5 Å². The van der Waals surface area contributed by atoms with Gasteiger partial charge in [0.1, 0.15) is 18.2 Å². The summed E-state index contributed by atoms with van der Waals surface area (Å²) < 4.78 is 15.5. The van der Waals surface area contributed by atoms with Gasteiger partial charge in [-0.05, 0) is 42.9 Å². The lowest BCUT2D eigenvalue weighted by Gasteiger charge is -2.21. The first-order valence-electron chi connectivity index (χ1n) is 9.72. The second-order valence-electron chi connectivity index (χ2n) is 7.14. The fraction of sp³-hybridized carbons (Fsp3) is 0.476. The Kier molecular flexibility index (Phi) is 11.2. The molecule has 0 heterocycles. The molecule has 1 aromatic rings. The van der Waals surface area contributed by atoms with Gasteiger partial charge in [-0.15, -0.1) is 6.58 Å². The number of hydrogen-bond donors (Lipinski definition) is 2. The summed E-state index contributed by atoms with van der Waals surface area (Å²) in [5.74, 6) is -0.378. The number of benzene rings is 1. The zero-order chi connectivity index (χ0) is 21.6. The minimum absolute atomic E-state index is 0.0441. The van der Waals surface area contributed by atoms with Crippen LogP contribution in [0.3, 0.4) is 0 Å². The highest BCUT2D eigenvalue weighted by Crippen LogP contribution is 2.19. The summed E-state index contributed by atoms with van der Waals surface area (Å²) in [7, 11) is 1.35. The van der Waals surface area contributed by atoms with E-state index in [9.17, 15) is 9.59 Å². The summed E-state index contributed by atoms with van der Waals surface area (Å²) in [6.45, 7) is 8.16. The van der Waals surface area contributed by atoms with E-state index < -0.39 is 17.8 Å². The van der Waals surface area contributed by atoms with Crippen molar-refractivity contribution < 1.29 is 23.7 Å². The normalized spacial score (nSPS) is 12.4. The van der Waals surface area contributed by atoms with Gasteiger partial charge in [0.15, 0.2) is 0 Å². The van der Waals surface area contributed by atoms with Gasteiger partial charge in [-0.3, -0.25) is 10.2 Å². The van der Waals surface area contributed by atoms with Crippen LogP contribution >= 0.6 is 0 Å². The van der Waals surface area contributed by atoms with Crippen LogP contribution in [0.5, 0.6) is 5.75 Å². The van der Waals surface area contributed by atoms with Crippen LogP contribution in [0.1, 0.15) is 32.3 Å². The standard InChI is InChI=1S/C21H31BN2O5/c1-5-6-11-28-17-9-7-16(8-10-17)13-18(22-29-14-23)20(25)24-19(12-15(2)3)21(26)27-4/h5,7-10,14-15,18-19,22-23H,1,6,11-13H2,2-4H3,(H,24,25)/t18-,19-/m0/s1. The predicted octanol–water partition coefficient (Wildman–Crippen LogP) is 2.65. The maximum Gasteiger partial charge on any atom is 0.354 e. The topological polar surface area (TPSA) is 97.7 Å². The number of nitrogens with one attached hydrogen (secondary N) is 2. The van der Waals surface area contributed by atoms with Crippen molar-refractivity contribution in [3.05, 3.63) is 42.5 Å². The zero-order valence-corrected chi connectivity index (χ0v) is 17.5. The van der Waals surface area contributed by atoms with Gasteiger partial charge in [-0.1, -0.05) is 32.1 Å². The largest absolute Gasteiger partial charge is 0.556 e. The maximum absolute atomic E-state index is 12.8. The van der Waals surface area contributed by atoms with Gasteiger partial charge in [0, 0.05) is 0 Å². The van der Waals surface area contributed by atoms with E-state index in [2.05, 4.69) is 11.9 Å². The summed E-state index contributed by atoms with van der Waals surface area (Å²) in [5, 5.41) is 9.85. The molecule has 0 bridgehead atoms. The first-order chi connectivity index (χ1) is 13.9. The summed E-state index contributed by atoms with van der Waals surface area (Å²) in [4.78, 5) is 24.8. The number of hydrogen-bond acceptors (Lipinski definition) is 6. The second kappa shape index (κ2) is 13.4. The number of methoxy groups -OCH3 is 1. The van der Waals surface area contributed by atoms with Crippen molar-refractivity contribution in [3.63, 3.8) is 0 Å². The Morgan fingerprint density at radius 3 is 2.52 bits per heavy atom. The van der Waals surface area contributed by atoms with Gasteiger partial charge in [-0.25, -0.2) is 4.79 Å². The van der Waals surface area contributed by atoms with Gasteiger partial charge < -0.3 is 19.4 Å². The van der Waals surface area contributed by atoms with E-state index in [-0.39, 0.29) is 19.3 Å². The monoisotopic (exact) mass is 402 g/mol. The molecule has 1 rings (SSSR count). The molecule has 0 aliphatic carbocycles. The molecule has 0 spiro atoms. The molecule has 0 unspecified atom stereocenters. The Hall–Kier alpha value is -2.77. The number of carbonyl (C=O) groups is 2. The molecule has 2 N–H and O–H groups in total. The third kappa shape index (κ3) is 9.32. The van der Waals surface area contributed by atoms with Crippen molar-refractivity contribution in [1.29, 1.82) is 5.41 Å². The van der Waals surface area contributed by atoms with Crippen LogP contribution in [0.2, 0.25) is 5.82 Å². The van der Waals surface area contributed by atoms with Crippen molar-refractivity contribution in [1.82, 2.24) is 5.32 Å². The molecule has 0 aliphatic rings. The minimum Gasteiger partial charge on any atom is -0.556 e. The number of carbonyl (C=O) groups excluding carboxylic acids is 2. The summed E-state index contributed by atoms with van der Waals surface area (Å²) >= 11 is 0. The lowest BCUT2D eigenvalue weighted by Crippen LogP contribution is -2.45. The van der Waals surface area contributed by atoms with E-state index in [1.54, 1.807) is 6.08 Å². The molecule has 8 heteroatoms. The van der Waals surface area contributed by atoms with Crippen LogP contribution in [0.4, 0.5) is 0 Å². The zero-order valence-electron chi connectivity index (χ0n) is 17.5. The Balaban J connectivity index is 2.81. The molecule has 0 saturated heterocycles. The molecule has 1 aromatic carbocycles. The fourth-order valence-electron chi connectivity index (χ4n) is 2.78. The molecule has 0 radical (unpaired) electrons. The van der Waals surface area contributed by atoms with Crippen molar-refractivity contribution in [2.45, 2.75) is 45.0 Å². The van der Waals surface area contributed by atoms with Crippen LogP contribution < -0.4 is 10.1 Å². The van der Waals surface area contributed by atoms with Crippen LogP contribution in [-0.2, 0) is 25.4 Å². The molecule has 7 nitrogen and oxygen atoms in total. The van der Waals surface area contributed by atoms with Crippen LogP contribution in [0.25, 0.3) is 0 Å². The van der Waals surface area contributed by atoms with Crippen molar-refractivity contribution in [3.8, 4) is 5.75 Å². The smallest absolute Gasteiger partial charge is 0.354 e. The Bertz CT molecular complexity index is 664. The Morgan fingerprint density at radius 1 is 1.28 bits per heavy atom. The molecule has 1 amide bonds. The SMILES string of the molecule is C=CCCOc1ccc(C[C@H](BOC=N)C(=O)N[C@@H](CC(C)C)C(=O)OC)cc1. The van der Waals surface area contributed by atoms with Gasteiger partial charge in [0.25, 0.3) is 0 Å².